The van der Waals surface area contributed by atoms with E-state index in [1.54, 1.807) is 11.3 Å². The number of carboxylic acid groups (broad SMARTS) is 1. The summed E-state index contributed by atoms with van der Waals surface area (Å²) in [6.07, 6.45) is 0.892. The van der Waals surface area contributed by atoms with Crippen molar-refractivity contribution in [3.8, 4) is 10.7 Å². The molecule has 0 bridgehead atoms. The van der Waals surface area contributed by atoms with Crippen molar-refractivity contribution in [3.05, 3.63) is 17.0 Å². The van der Waals surface area contributed by atoms with Gasteiger partial charge in [-0.25, -0.2) is 4.68 Å². The van der Waals surface area contributed by atoms with E-state index in [4.69, 9.17) is 10.9 Å². The molecule has 2 heterocycles. The Bertz CT molecular complexity index is 564. The van der Waals surface area contributed by atoms with E-state index in [-0.39, 0.29) is 5.75 Å². The third-order valence-corrected chi connectivity index (χ3v) is 4.20. The smallest absolute Gasteiger partial charge is 0.313 e. The van der Waals surface area contributed by atoms with Crippen LogP contribution in [0.25, 0.3) is 10.7 Å². The van der Waals surface area contributed by atoms with Crippen LogP contribution in [0, 0.1) is 0 Å². The fraction of sp³-hybridized carbons (Fsp3) is 0.300. The maximum Gasteiger partial charge on any atom is 0.313 e. The zero-order valence-electron chi connectivity index (χ0n) is 9.66. The number of carbonyl (C=O) groups is 1. The van der Waals surface area contributed by atoms with Crippen LogP contribution >= 0.6 is 23.1 Å². The van der Waals surface area contributed by atoms with E-state index in [1.807, 2.05) is 11.4 Å². The highest BCUT2D eigenvalue weighted by molar-refractivity contribution is 7.99. The van der Waals surface area contributed by atoms with Gasteiger partial charge in [0.05, 0.1) is 10.6 Å². The van der Waals surface area contributed by atoms with Gasteiger partial charge in [-0.1, -0.05) is 18.7 Å². The van der Waals surface area contributed by atoms with E-state index in [9.17, 15) is 4.79 Å². The number of nitrogens with zero attached hydrogens (tertiary/aromatic N) is 3. The lowest BCUT2D eigenvalue weighted by Gasteiger charge is -2.02. The summed E-state index contributed by atoms with van der Waals surface area (Å²) in [6, 6.07) is 2.03. The Morgan fingerprint density at radius 1 is 1.61 bits per heavy atom. The molecule has 0 fully saturated rings. The van der Waals surface area contributed by atoms with Gasteiger partial charge in [-0.05, 0) is 23.4 Å². The molecular weight excluding hydrogens is 272 g/mol. The van der Waals surface area contributed by atoms with Crippen LogP contribution in [0.5, 0.6) is 0 Å². The van der Waals surface area contributed by atoms with Crippen LogP contribution in [-0.4, -0.2) is 31.7 Å². The lowest BCUT2D eigenvalue weighted by atomic mass is 10.2. The van der Waals surface area contributed by atoms with E-state index in [2.05, 4.69) is 17.1 Å². The molecule has 2 aromatic heterocycles. The van der Waals surface area contributed by atoms with E-state index in [0.717, 1.165) is 28.6 Å². The van der Waals surface area contributed by atoms with Gasteiger partial charge in [0.25, 0.3) is 0 Å². The molecule has 0 spiro atoms. The average Bonchev–Trinajstić information content (AvgIpc) is 2.92. The van der Waals surface area contributed by atoms with E-state index >= 15 is 0 Å². The Balaban J connectivity index is 2.28. The summed E-state index contributed by atoms with van der Waals surface area (Å²) in [5, 5.41) is 18.9. The number of aromatic nitrogens is 3. The number of rotatable bonds is 5. The Kier molecular flexibility index (Phi) is 3.87. The van der Waals surface area contributed by atoms with Gasteiger partial charge in [0.1, 0.15) is 0 Å². The highest BCUT2D eigenvalue weighted by Crippen LogP contribution is 2.29. The van der Waals surface area contributed by atoms with Crippen LogP contribution < -0.4 is 5.84 Å². The van der Waals surface area contributed by atoms with E-state index in [1.165, 1.54) is 4.68 Å². The van der Waals surface area contributed by atoms with Gasteiger partial charge in [0.15, 0.2) is 5.82 Å². The first-order valence-corrected chi connectivity index (χ1v) is 7.11. The molecule has 0 atom stereocenters. The minimum absolute atomic E-state index is 0.0829. The van der Waals surface area contributed by atoms with Crippen molar-refractivity contribution in [1.82, 2.24) is 14.9 Å². The van der Waals surface area contributed by atoms with E-state index < -0.39 is 5.97 Å². The summed E-state index contributed by atoms with van der Waals surface area (Å²) in [4.78, 5) is 11.5. The molecule has 6 nitrogen and oxygen atoms in total. The van der Waals surface area contributed by atoms with Crippen LogP contribution in [0.3, 0.4) is 0 Å². The lowest BCUT2D eigenvalue weighted by Crippen LogP contribution is -2.12. The molecule has 3 N–H and O–H groups in total. The molecule has 2 rings (SSSR count). The Morgan fingerprint density at radius 3 is 3.06 bits per heavy atom. The summed E-state index contributed by atoms with van der Waals surface area (Å²) < 4.78 is 1.35. The molecule has 18 heavy (non-hydrogen) atoms. The number of carboxylic acids is 1. The summed E-state index contributed by atoms with van der Waals surface area (Å²) in [7, 11) is 0. The predicted octanol–water partition coefficient (Wildman–Crippen LogP) is 1.46. The second kappa shape index (κ2) is 5.40. The van der Waals surface area contributed by atoms with E-state index in [0.29, 0.717) is 11.0 Å². The number of aryl methyl sites for hydroxylation is 1. The van der Waals surface area contributed by atoms with Crippen LogP contribution in [0.15, 0.2) is 16.6 Å². The highest BCUT2D eigenvalue weighted by Gasteiger charge is 2.16. The summed E-state index contributed by atoms with van der Waals surface area (Å²) in [6.45, 7) is 2.06. The molecule has 96 valence electrons. The fourth-order valence-electron chi connectivity index (χ4n) is 1.47. The lowest BCUT2D eigenvalue weighted by molar-refractivity contribution is -0.133. The minimum atomic E-state index is -0.907. The van der Waals surface area contributed by atoms with Crippen LogP contribution in [-0.2, 0) is 11.2 Å². The predicted molar refractivity (Wildman–Crippen MR) is 71.2 cm³/mol. The molecule has 2 aromatic rings. The molecule has 0 saturated carbocycles. The minimum Gasteiger partial charge on any atom is -0.481 e. The van der Waals surface area contributed by atoms with Gasteiger partial charge in [0.2, 0.25) is 5.16 Å². The third-order valence-electron chi connectivity index (χ3n) is 2.32. The molecule has 0 amide bonds. The van der Waals surface area contributed by atoms with Gasteiger partial charge >= 0.3 is 5.97 Å². The molecule has 0 aliphatic rings. The summed E-state index contributed by atoms with van der Waals surface area (Å²) >= 11 is 2.61. The second-order valence-electron chi connectivity index (χ2n) is 3.49. The van der Waals surface area contributed by atoms with Crippen molar-refractivity contribution < 1.29 is 9.90 Å². The number of aliphatic carboxylic acids is 1. The first-order chi connectivity index (χ1) is 8.63. The summed E-state index contributed by atoms with van der Waals surface area (Å²) in [5.41, 5.74) is 1.16. The largest absolute Gasteiger partial charge is 0.481 e. The molecule has 0 aliphatic carbocycles. The van der Waals surface area contributed by atoms with Gasteiger partial charge in [-0.2, -0.15) is 0 Å². The topological polar surface area (TPSA) is 94.0 Å². The van der Waals surface area contributed by atoms with Crippen LogP contribution in [0.2, 0.25) is 0 Å². The molecule has 8 heteroatoms. The Morgan fingerprint density at radius 2 is 2.39 bits per heavy atom. The molecule has 0 saturated heterocycles. The number of thioether (sulfide) groups is 1. The first kappa shape index (κ1) is 12.9. The molecule has 0 aliphatic heterocycles. The number of nitrogen functional groups attached to an aromatic ring is 1. The van der Waals surface area contributed by atoms with Gasteiger partial charge in [-0.3, -0.25) is 4.79 Å². The van der Waals surface area contributed by atoms with Crippen LogP contribution in [0.4, 0.5) is 0 Å². The third kappa shape index (κ3) is 2.49. The Hall–Kier alpha value is -1.54. The number of hydrogen-bond acceptors (Lipinski definition) is 6. The first-order valence-electron chi connectivity index (χ1n) is 5.25. The standard InChI is InChI=1S/C10H12N4O2S2/c1-2-6-3-4-17-8(6)9-12-13-10(14(9)11)18-5-7(15)16/h3-4H,2,5,11H2,1H3,(H,15,16). The highest BCUT2D eigenvalue weighted by atomic mass is 32.2. The van der Waals surface area contributed by atoms with Gasteiger partial charge < -0.3 is 10.9 Å². The maximum atomic E-state index is 10.5. The molecule has 0 unspecified atom stereocenters. The fourth-order valence-corrected chi connectivity index (χ4v) is 3.02. The molecule has 0 aromatic carbocycles. The number of hydrogen-bond donors (Lipinski definition) is 2. The maximum absolute atomic E-state index is 10.5. The second-order valence-corrected chi connectivity index (χ2v) is 5.35. The van der Waals surface area contributed by atoms with Crippen molar-refractivity contribution in [2.24, 2.45) is 0 Å². The zero-order valence-corrected chi connectivity index (χ0v) is 11.3. The SMILES string of the molecule is CCc1ccsc1-c1nnc(SCC(=O)O)n1N. The van der Waals surface area contributed by atoms with Crippen molar-refractivity contribution >= 4 is 29.1 Å². The Labute approximate surface area is 112 Å². The average molecular weight is 284 g/mol. The summed E-state index contributed by atoms with van der Waals surface area (Å²) in [5.74, 6) is 5.48. The van der Waals surface area contributed by atoms with Crippen molar-refractivity contribution in [3.63, 3.8) is 0 Å². The van der Waals surface area contributed by atoms with Gasteiger partial charge in [-0.15, -0.1) is 21.5 Å². The quantitative estimate of drug-likeness (QED) is 0.637. The normalized spacial score (nSPS) is 10.7. The number of thiophene rings is 1. The van der Waals surface area contributed by atoms with Crippen molar-refractivity contribution in [1.29, 1.82) is 0 Å². The molecule has 0 radical (unpaired) electrons. The zero-order chi connectivity index (χ0) is 13.1. The monoisotopic (exact) mass is 284 g/mol. The number of nitrogens with two attached hydrogens (primary N) is 1. The van der Waals surface area contributed by atoms with Crippen molar-refractivity contribution in [2.45, 2.75) is 18.5 Å². The van der Waals surface area contributed by atoms with Gasteiger partial charge in [0, 0.05) is 0 Å². The molecular formula is C10H12N4O2S2. The van der Waals surface area contributed by atoms with Crippen LogP contribution in [0.1, 0.15) is 12.5 Å². The van der Waals surface area contributed by atoms with Crippen molar-refractivity contribution in [2.75, 3.05) is 11.6 Å².